The molecule has 0 aliphatic carbocycles. The molecule has 0 bridgehead atoms. The zero-order chi connectivity index (χ0) is 22.7. The summed E-state index contributed by atoms with van der Waals surface area (Å²) in [4.78, 5) is 12.5. The van der Waals surface area contributed by atoms with Crippen LogP contribution in [0.4, 0.5) is 5.69 Å². The second-order valence-electron chi connectivity index (χ2n) is 7.28. The van der Waals surface area contributed by atoms with Crippen LogP contribution in [0.2, 0.25) is 10.0 Å². The van der Waals surface area contributed by atoms with Crippen LogP contribution in [0, 0.1) is 13.8 Å². The van der Waals surface area contributed by atoms with E-state index in [1.54, 1.807) is 6.07 Å². The monoisotopic (exact) mass is 482 g/mol. The molecule has 3 aromatic carbocycles. The predicted molar refractivity (Wildman–Crippen MR) is 132 cm³/mol. The number of anilines is 1. The van der Waals surface area contributed by atoms with Crippen molar-refractivity contribution in [2.24, 2.45) is 0 Å². The van der Waals surface area contributed by atoms with E-state index < -0.39 is 0 Å². The average Bonchev–Trinajstić information content (AvgIpc) is 3.20. The lowest BCUT2D eigenvalue weighted by molar-refractivity contribution is -0.113. The Morgan fingerprint density at radius 3 is 2.38 bits per heavy atom. The molecule has 0 saturated carbocycles. The number of aromatic nitrogens is 3. The topological polar surface area (TPSA) is 59.8 Å². The van der Waals surface area contributed by atoms with Gasteiger partial charge in [-0.2, -0.15) is 0 Å². The second-order valence-corrected chi connectivity index (χ2v) is 9.07. The molecule has 32 heavy (non-hydrogen) atoms. The summed E-state index contributed by atoms with van der Waals surface area (Å²) in [5.41, 5.74) is 4.57. The zero-order valence-corrected chi connectivity index (χ0v) is 19.8. The number of carbonyl (C=O) groups is 1. The van der Waals surface area contributed by atoms with Gasteiger partial charge in [-0.05, 0) is 67.9 Å². The van der Waals surface area contributed by atoms with Crippen molar-refractivity contribution in [1.82, 2.24) is 14.8 Å². The van der Waals surface area contributed by atoms with Crippen LogP contribution in [0.25, 0.3) is 17.1 Å². The summed E-state index contributed by atoms with van der Waals surface area (Å²) >= 11 is 13.5. The van der Waals surface area contributed by atoms with Crippen LogP contribution in [-0.4, -0.2) is 26.4 Å². The van der Waals surface area contributed by atoms with Crippen molar-refractivity contribution in [3.05, 3.63) is 87.9 Å². The summed E-state index contributed by atoms with van der Waals surface area (Å²) in [6.07, 6.45) is 0. The summed E-state index contributed by atoms with van der Waals surface area (Å²) in [5.74, 6) is 0.705. The number of benzene rings is 3. The SMILES string of the molecule is Cc1ccc(-n2c(SCC(=O)Nc3ccc(C)c(Cl)c3)nnc2-c2ccc(Cl)cc2)cc1. The Hall–Kier alpha value is -2.80. The highest BCUT2D eigenvalue weighted by atomic mass is 35.5. The van der Waals surface area contributed by atoms with Crippen LogP contribution in [-0.2, 0) is 4.79 Å². The molecule has 0 aliphatic heterocycles. The van der Waals surface area contributed by atoms with Crippen LogP contribution in [0.3, 0.4) is 0 Å². The minimum atomic E-state index is -0.151. The van der Waals surface area contributed by atoms with Gasteiger partial charge in [0.15, 0.2) is 11.0 Å². The van der Waals surface area contributed by atoms with Gasteiger partial charge in [-0.3, -0.25) is 9.36 Å². The number of hydrogen-bond donors (Lipinski definition) is 1. The molecule has 4 rings (SSSR count). The number of nitrogens with zero attached hydrogens (tertiary/aromatic N) is 3. The molecule has 1 heterocycles. The quantitative estimate of drug-likeness (QED) is 0.315. The molecule has 0 aliphatic rings. The summed E-state index contributed by atoms with van der Waals surface area (Å²) in [5, 5.41) is 13.5. The number of amides is 1. The number of carbonyl (C=O) groups excluding carboxylic acids is 1. The Balaban J connectivity index is 1.59. The van der Waals surface area contributed by atoms with E-state index in [0.717, 1.165) is 22.4 Å². The Bertz CT molecular complexity index is 1250. The third kappa shape index (κ3) is 5.15. The number of aryl methyl sites for hydroxylation is 2. The van der Waals surface area contributed by atoms with Crippen LogP contribution >= 0.6 is 35.0 Å². The molecule has 162 valence electrons. The van der Waals surface area contributed by atoms with E-state index in [1.165, 1.54) is 11.8 Å². The van der Waals surface area contributed by atoms with E-state index in [-0.39, 0.29) is 11.7 Å². The summed E-state index contributed by atoms with van der Waals surface area (Å²) in [6, 6.07) is 21.0. The number of thioether (sulfide) groups is 1. The largest absolute Gasteiger partial charge is 0.325 e. The van der Waals surface area contributed by atoms with Crippen LogP contribution in [0.15, 0.2) is 71.9 Å². The lowest BCUT2D eigenvalue weighted by Gasteiger charge is -2.11. The maximum absolute atomic E-state index is 12.5. The molecule has 1 amide bonds. The summed E-state index contributed by atoms with van der Waals surface area (Å²) < 4.78 is 1.95. The molecule has 0 radical (unpaired) electrons. The van der Waals surface area contributed by atoms with Gasteiger partial charge in [0.2, 0.25) is 5.91 Å². The van der Waals surface area contributed by atoms with Crippen LogP contribution < -0.4 is 5.32 Å². The van der Waals surface area contributed by atoms with Gasteiger partial charge in [0.1, 0.15) is 0 Å². The van der Waals surface area contributed by atoms with E-state index in [9.17, 15) is 4.79 Å². The first-order valence-corrected chi connectivity index (χ1v) is 11.6. The summed E-state index contributed by atoms with van der Waals surface area (Å²) in [6.45, 7) is 3.95. The van der Waals surface area contributed by atoms with Gasteiger partial charge in [-0.25, -0.2) is 0 Å². The molecule has 5 nitrogen and oxygen atoms in total. The molecule has 0 atom stereocenters. The van der Waals surface area contributed by atoms with Gasteiger partial charge in [0.25, 0.3) is 0 Å². The standard InChI is InChI=1S/C24H20Cl2N4OS/c1-15-3-11-20(12-4-15)30-23(17-6-8-18(25)9-7-17)28-29-24(30)32-14-22(31)27-19-10-5-16(2)21(26)13-19/h3-13H,14H2,1-2H3,(H,27,31). The first kappa shape index (κ1) is 22.4. The number of nitrogens with one attached hydrogen (secondary N) is 1. The molecule has 1 aromatic heterocycles. The fourth-order valence-electron chi connectivity index (χ4n) is 3.07. The fraction of sp³-hybridized carbons (Fsp3) is 0.125. The van der Waals surface area contributed by atoms with E-state index in [1.807, 2.05) is 79.1 Å². The normalized spacial score (nSPS) is 10.9. The molecule has 4 aromatic rings. The van der Waals surface area contributed by atoms with E-state index >= 15 is 0 Å². The average molecular weight is 483 g/mol. The fourth-order valence-corrected chi connectivity index (χ4v) is 4.13. The van der Waals surface area contributed by atoms with E-state index in [4.69, 9.17) is 23.2 Å². The number of halogens is 2. The third-order valence-corrected chi connectivity index (χ3v) is 6.40. The first-order valence-electron chi connectivity index (χ1n) is 9.88. The van der Waals surface area contributed by atoms with Crippen molar-refractivity contribution >= 4 is 46.6 Å². The first-order chi connectivity index (χ1) is 15.4. The van der Waals surface area contributed by atoms with Gasteiger partial charge in [-0.1, -0.05) is 58.7 Å². The molecular formula is C24H20Cl2N4OS. The Morgan fingerprint density at radius 2 is 1.69 bits per heavy atom. The highest BCUT2D eigenvalue weighted by molar-refractivity contribution is 7.99. The molecule has 0 saturated heterocycles. The van der Waals surface area contributed by atoms with Gasteiger partial charge in [-0.15, -0.1) is 10.2 Å². The smallest absolute Gasteiger partial charge is 0.234 e. The van der Waals surface area contributed by atoms with Crippen molar-refractivity contribution in [2.45, 2.75) is 19.0 Å². The zero-order valence-electron chi connectivity index (χ0n) is 17.5. The lowest BCUT2D eigenvalue weighted by Crippen LogP contribution is -2.14. The number of hydrogen-bond acceptors (Lipinski definition) is 4. The molecule has 0 spiro atoms. The van der Waals surface area contributed by atoms with Gasteiger partial charge in [0.05, 0.1) is 5.75 Å². The minimum Gasteiger partial charge on any atom is -0.325 e. The van der Waals surface area contributed by atoms with E-state index in [2.05, 4.69) is 15.5 Å². The van der Waals surface area contributed by atoms with Crippen molar-refractivity contribution in [3.8, 4) is 17.1 Å². The molecule has 1 N–H and O–H groups in total. The number of rotatable bonds is 6. The Kier molecular flexibility index (Phi) is 6.84. The molecule has 8 heteroatoms. The van der Waals surface area contributed by atoms with E-state index in [0.29, 0.717) is 26.7 Å². The van der Waals surface area contributed by atoms with Crippen molar-refractivity contribution < 1.29 is 4.79 Å². The molecular weight excluding hydrogens is 463 g/mol. The van der Waals surface area contributed by atoms with Crippen molar-refractivity contribution in [3.63, 3.8) is 0 Å². The summed E-state index contributed by atoms with van der Waals surface area (Å²) in [7, 11) is 0. The maximum atomic E-state index is 12.5. The Labute approximate surface area is 200 Å². The maximum Gasteiger partial charge on any atom is 0.234 e. The van der Waals surface area contributed by atoms with Crippen molar-refractivity contribution in [2.75, 3.05) is 11.1 Å². The highest BCUT2D eigenvalue weighted by Gasteiger charge is 2.17. The van der Waals surface area contributed by atoms with Gasteiger partial charge in [0, 0.05) is 27.0 Å². The van der Waals surface area contributed by atoms with Crippen molar-refractivity contribution in [1.29, 1.82) is 0 Å². The van der Waals surface area contributed by atoms with Gasteiger partial charge < -0.3 is 5.32 Å². The molecule has 0 fully saturated rings. The van der Waals surface area contributed by atoms with Gasteiger partial charge >= 0.3 is 0 Å². The lowest BCUT2D eigenvalue weighted by atomic mass is 10.2. The highest BCUT2D eigenvalue weighted by Crippen LogP contribution is 2.29. The third-order valence-electron chi connectivity index (χ3n) is 4.82. The minimum absolute atomic E-state index is 0.151. The van der Waals surface area contributed by atoms with Crippen LogP contribution in [0.1, 0.15) is 11.1 Å². The molecule has 0 unspecified atom stereocenters. The second kappa shape index (κ2) is 9.77. The predicted octanol–water partition coefficient (Wildman–Crippen LogP) is 6.59. The van der Waals surface area contributed by atoms with Crippen LogP contribution in [0.5, 0.6) is 0 Å². The Morgan fingerprint density at radius 1 is 0.969 bits per heavy atom.